The number of carbonyl (C=O) groups is 1. The second kappa shape index (κ2) is 2.94. The molecule has 3 unspecified atom stereocenters. The lowest BCUT2D eigenvalue weighted by Crippen LogP contribution is -2.46. The summed E-state index contributed by atoms with van der Waals surface area (Å²) < 4.78 is 0. The van der Waals surface area contributed by atoms with Crippen molar-refractivity contribution >= 4 is 6.03 Å². The smallest absolute Gasteiger partial charge is 0.329 e. The van der Waals surface area contributed by atoms with E-state index in [1.807, 2.05) is 0 Å². The summed E-state index contributed by atoms with van der Waals surface area (Å²) in [5, 5.41) is 2.88. The van der Waals surface area contributed by atoms with Crippen LogP contribution in [0.25, 0.3) is 0 Å². The Labute approximate surface area is 71.9 Å². The van der Waals surface area contributed by atoms with Crippen LogP contribution in [0.15, 0.2) is 0 Å². The number of nitrogens with one attached hydrogen (secondary N) is 2. The number of urea groups is 1. The van der Waals surface area contributed by atoms with Crippen LogP contribution in [0, 0.1) is 11.8 Å². The van der Waals surface area contributed by atoms with Crippen LogP contribution < -0.4 is 16.6 Å². The highest BCUT2D eigenvalue weighted by Crippen LogP contribution is 2.44. The van der Waals surface area contributed by atoms with Gasteiger partial charge in [-0.2, -0.15) is 0 Å². The van der Waals surface area contributed by atoms with Gasteiger partial charge in [0.05, 0.1) is 0 Å². The molecular weight excluding hydrogens is 154 g/mol. The highest BCUT2D eigenvalue weighted by Gasteiger charge is 2.39. The van der Waals surface area contributed by atoms with Gasteiger partial charge in [0.2, 0.25) is 0 Å². The summed E-state index contributed by atoms with van der Waals surface area (Å²) in [5.74, 6) is 6.56. The van der Waals surface area contributed by atoms with Crippen LogP contribution in [-0.2, 0) is 0 Å². The minimum Gasteiger partial charge on any atom is -0.334 e. The van der Waals surface area contributed by atoms with E-state index in [0.29, 0.717) is 12.0 Å². The first-order chi connectivity index (χ1) is 5.79. The van der Waals surface area contributed by atoms with Crippen LogP contribution >= 0.6 is 0 Å². The van der Waals surface area contributed by atoms with Gasteiger partial charge in [0.25, 0.3) is 0 Å². The Kier molecular flexibility index (Phi) is 1.92. The molecular formula is C8H15N3O. The molecule has 2 saturated carbocycles. The van der Waals surface area contributed by atoms with Gasteiger partial charge in [0.1, 0.15) is 0 Å². The number of fused-ring (bicyclic) bond motifs is 2. The fraction of sp³-hybridized carbons (Fsp3) is 0.875. The van der Waals surface area contributed by atoms with Gasteiger partial charge >= 0.3 is 6.03 Å². The minimum atomic E-state index is -0.243. The van der Waals surface area contributed by atoms with Crippen LogP contribution in [0.5, 0.6) is 0 Å². The Morgan fingerprint density at radius 3 is 2.67 bits per heavy atom. The monoisotopic (exact) mass is 169 g/mol. The van der Waals surface area contributed by atoms with Crippen LogP contribution in [0.2, 0.25) is 0 Å². The molecule has 3 atom stereocenters. The van der Waals surface area contributed by atoms with Gasteiger partial charge in [-0.15, -0.1) is 0 Å². The summed E-state index contributed by atoms with van der Waals surface area (Å²) >= 11 is 0. The predicted molar refractivity (Wildman–Crippen MR) is 45.1 cm³/mol. The molecule has 0 heterocycles. The van der Waals surface area contributed by atoms with Crippen molar-refractivity contribution in [1.29, 1.82) is 0 Å². The van der Waals surface area contributed by atoms with E-state index >= 15 is 0 Å². The SMILES string of the molecule is NNC(=O)NC1CC2CCC1C2. The number of hydrogen-bond donors (Lipinski definition) is 3. The van der Waals surface area contributed by atoms with E-state index in [1.54, 1.807) is 0 Å². The van der Waals surface area contributed by atoms with Crippen LogP contribution in [0.4, 0.5) is 4.79 Å². The average Bonchev–Trinajstić information content (AvgIpc) is 2.64. The fourth-order valence-electron chi connectivity index (χ4n) is 2.63. The predicted octanol–water partition coefficient (Wildman–Crippen LogP) is 0.348. The topological polar surface area (TPSA) is 67.1 Å². The third-order valence-corrected chi connectivity index (χ3v) is 3.19. The third kappa shape index (κ3) is 1.27. The standard InChI is InChI=1S/C8H15N3O/c9-11-8(12)10-7-4-5-1-2-6(7)3-5/h5-7H,1-4,9H2,(H2,10,11,12). The van der Waals surface area contributed by atoms with E-state index in [0.717, 1.165) is 12.3 Å². The van der Waals surface area contributed by atoms with Gasteiger partial charge < -0.3 is 5.32 Å². The van der Waals surface area contributed by atoms with E-state index in [4.69, 9.17) is 5.84 Å². The van der Waals surface area contributed by atoms with E-state index < -0.39 is 0 Å². The maximum atomic E-state index is 10.9. The number of amides is 2. The molecule has 2 aliphatic carbocycles. The summed E-state index contributed by atoms with van der Waals surface area (Å²) in [5.41, 5.74) is 2.10. The fourth-order valence-corrected chi connectivity index (χ4v) is 2.63. The van der Waals surface area contributed by atoms with E-state index in [-0.39, 0.29) is 6.03 Å². The second-order valence-electron chi connectivity index (χ2n) is 3.90. The summed E-state index contributed by atoms with van der Waals surface area (Å²) in [6.45, 7) is 0. The summed E-state index contributed by atoms with van der Waals surface area (Å²) in [6, 6.07) is 0.139. The molecule has 4 nitrogen and oxygen atoms in total. The molecule has 4 N–H and O–H groups in total. The highest BCUT2D eigenvalue weighted by molar-refractivity contribution is 5.73. The van der Waals surface area contributed by atoms with E-state index in [1.165, 1.54) is 19.3 Å². The molecule has 68 valence electrons. The normalized spacial score (nSPS) is 38.2. The molecule has 2 rings (SSSR count). The van der Waals surface area contributed by atoms with Crippen molar-refractivity contribution in [2.45, 2.75) is 31.7 Å². The molecule has 0 radical (unpaired) electrons. The summed E-state index contributed by atoms with van der Waals surface area (Å²) in [6.07, 6.45) is 5.08. The number of rotatable bonds is 1. The first-order valence-electron chi connectivity index (χ1n) is 4.56. The van der Waals surface area contributed by atoms with E-state index in [9.17, 15) is 4.79 Å². The van der Waals surface area contributed by atoms with Gasteiger partial charge in [0.15, 0.2) is 0 Å². The summed E-state index contributed by atoms with van der Waals surface area (Å²) in [7, 11) is 0. The van der Waals surface area contributed by atoms with Crippen molar-refractivity contribution < 1.29 is 4.79 Å². The van der Waals surface area contributed by atoms with Crippen molar-refractivity contribution in [3.8, 4) is 0 Å². The molecule has 0 aromatic carbocycles. The Morgan fingerprint density at radius 2 is 2.17 bits per heavy atom. The largest absolute Gasteiger partial charge is 0.334 e. The van der Waals surface area contributed by atoms with Gasteiger partial charge in [0, 0.05) is 6.04 Å². The molecule has 0 saturated heterocycles. The Hall–Kier alpha value is -0.770. The molecule has 0 spiro atoms. The van der Waals surface area contributed by atoms with Gasteiger partial charge in [-0.25, -0.2) is 10.6 Å². The highest BCUT2D eigenvalue weighted by atomic mass is 16.2. The minimum absolute atomic E-state index is 0.243. The molecule has 2 bridgehead atoms. The van der Waals surface area contributed by atoms with Crippen molar-refractivity contribution in [2.75, 3.05) is 0 Å². The molecule has 0 aromatic heterocycles. The molecule has 12 heavy (non-hydrogen) atoms. The molecule has 2 fully saturated rings. The quantitative estimate of drug-likeness (QED) is 0.301. The lowest BCUT2D eigenvalue weighted by Gasteiger charge is -2.22. The Balaban J connectivity index is 1.86. The molecule has 0 aliphatic heterocycles. The van der Waals surface area contributed by atoms with Crippen LogP contribution in [-0.4, -0.2) is 12.1 Å². The number of hydrogen-bond acceptors (Lipinski definition) is 2. The first kappa shape index (κ1) is 7.86. The first-order valence-corrected chi connectivity index (χ1v) is 4.56. The zero-order chi connectivity index (χ0) is 8.55. The average molecular weight is 169 g/mol. The van der Waals surface area contributed by atoms with Crippen LogP contribution in [0.1, 0.15) is 25.7 Å². The molecule has 4 heteroatoms. The zero-order valence-electron chi connectivity index (χ0n) is 7.05. The van der Waals surface area contributed by atoms with Crippen molar-refractivity contribution in [1.82, 2.24) is 10.7 Å². The van der Waals surface area contributed by atoms with Gasteiger partial charge in [-0.3, -0.25) is 5.43 Å². The second-order valence-corrected chi connectivity index (χ2v) is 3.90. The van der Waals surface area contributed by atoms with Crippen LogP contribution in [0.3, 0.4) is 0 Å². The zero-order valence-corrected chi connectivity index (χ0v) is 7.05. The van der Waals surface area contributed by atoms with Crippen molar-refractivity contribution in [3.05, 3.63) is 0 Å². The van der Waals surface area contributed by atoms with E-state index in [2.05, 4.69) is 10.7 Å². The van der Waals surface area contributed by atoms with Crippen molar-refractivity contribution in [3.63, 3.8) is 0 Å². The van der Waals surface area contributed by atoms with Gasteiger partial charge in [-0.05, 0) is 31.1 Å². The molecule has 0 aromatic rings. The maximum Gasteiger partial charge on any atom is 0.329 e. The number of nitrogens with two attached hydrogens (primary N) is 1. The molecule has 2 amide bonds. The summed E-state index contributed by atoms with van der Waals surface area (Å²) in [4.78, 5) is 10.9. The third-order valence-electron chi connectivity index (χ3n) is 3.19. The lowest BCUT2D eigenvalue weighted by atomic mass is 9.95. The maximum absolute atomic E-state index is 10.9. The number of hydrazine groups is 1. The lowest BCUT2D eigenvalue weighted by molar-refractivity contribution is 0.231. The van der Waals surface area contributed by atoms with Crippen molar-refractivity contribution in [2.24, 2.45) is 17.7 Å². The van der Waals surface area contributed by atoms with Gasteiger partial charge in [-0.1, -0.05) is 6.42 Å². The number of carbonyl (C=O) groups excluding carboxylic acids is 1. The Bertz CT molecular complexity index is 195. The Morgan fingerprint density at radius 1 is 1.33 bits per heavy atom. The molecule has 2 aliphatic rings.